The Labute approximate surface area is 524 Å². The van der Waals surface area contributed by atoms with Crippen molar-refractivity contribution in [3.05, 3.63) is 308 Å². The van der Waals surface area contributed by atoms with E-state index in [1.807, 2.05) is 0 Å². The molecule has 5 heteroatoms. The predicted molar refractivity (Wildman–Crippen MR) is 367 cm³/mol. The van der Waals surface area contributed by atoms with E-state index in [0.717, 1.165) is 64.8 Å². The molecule has 3 nitrogen and oxygen atoms in total. The number of furan rings is 1. The van der Waals surface area contributed by atoms with Crippen LogP contribution in [0.3, 0.4) is 0 Å². The molecule has 1 fully saturated rings. The number of hydrogen-bond donors (Lipinski definition) is 0. The smallest absolute Gasteiger partial charge is 0.138 e. The molecular weight excluding hydrogens is 1190 g/mol. The Morgan fingerprint density at radius 1 is 0.345 bits per heavy atom. The van der Waals surface area contributed by atoms with Crippen molar-refractivity contribution in [1.82, 2.24) is 0 Å². The molecule has 13 aromatic rings. The molecular formula is C82H58Br2N2O. The van der Waals surface area contributed by atoms with Crippen molar-refractivity contribution in [3.8, 4) is 55.6 Å². The van der Waals surface area contributed by atoms with Crippen LogP contribution in [0.15, 0.2) is 268 Å². The van der Waals surface area contributed by atoms with Gasteiger partial charge in [-0.2, -0.15) is 0 Å². The first-order valence-electron chi connectivity index (χ1n) is 30.7. The predicted octanol–water partition coefficient (Wildman–Crippen LogP) is 23.6. The minimum Gasteiger partial charge on any atom is -0.456 e. The maximum Gasteiger partial charge on any atom is 0.138 e. The monoisotopic (exact) mass is 1240 g/mol. The highest BCUT2D eigenvalue weighted by Gasteiger charge is 2.53. The Hall–Kier alpha value is -9.00. The molecule has 1 aromatic heterocycles. The van der Waals surface area contributed by atoms with Crippen molar-refractivity contribution in [3.63, 3.8) is 0 Å². The van der Waals surface area contributed by atoms with Gasteiger partial charge in [0.25, 0.3) is 0 Å². The molecule has 1 unspecified atom stereocenters. The second-order valence-corrected chi connectivity index (χ2v) is 27.0. The number of anilines is 6. The summed E-state index contributed by atoms with van der Waals surface area (Å²) in [6, 6.07) is 96.3. The average Bonchev–Trinajstić information content (AvgIpc) is 1.54. The number of nitrogens with zero attached hydrogens (tertiary/aromatic N) is 2. The summed E-state index contributed by atoms with van der Waals surface area (Å²) < 4.78 is 9.14. The lowest BCUT2D eigenvalue weighted by Gasteiger charge is -2.36. The van der Waals surface area contributed by atoms with Gasteiger partial charge in [0.2, 0.25) is 0 Å². The average molecular weight is 1250 g/mol. The summed E-state index contributed by atoms with van der Waals surface area (Å²) in [4.78, 5) is 5.09. The van der Waals surface area contributed by atoms with Crippen molar-refractivity contribution in [1.29, 1.82) is 0 Å². The summed E-state index contributed by atoms with van der Waals surface area (Å²) in [5.74, 6) is 0. The third kappa shape index (κ3) is 7.10. The van der Waals surface area contributed by atoms with Crippen molar-refractivity contribution in [2.75, 3.05) is 9.80 Å². The number of halogens is 2. The summed E-state index contributed by atoms with van der Waals surface area (Å²) in [5, 5.41) is 2.19. The fourth-order valence-corrected chi connectivity index (χ4v) is 17.5. The van der Waals surface area contributed by atoms with Gasteiger partial charge >= 0.3 is 0 Å². The van der Waals surface area contributed by atoms with Crippen molar-refractivity contribution < 1.29 is 4.42 Å². The first kappa shape index (κ1) is 51.2. The Bertz CT molecular complexity index is 5040. The van der Waals surface area contributed by atoms with Crippen LogP contribution < -0.4 is 9.80 Å². The van der Waals surface area contributed by atoms with Gasteiger partial charge in [0.05, 0.1) is 33.6 Å². The molecule has 0 radical (unpaired) electrons. The first-order valence-corrected chi connectivity index (χ1v) is 32.3. The molecule has 416 valence electrons. The lowest BCUT2D eigenvalue weighted by atomic mass is 9.68. The molecule has 1 saturated carbocycles. The largest absolute Gasteiger partial charge is 0.456 e. The van der Waals surface area contributed by atoms with E-state index in [4.69, 9.17) is 4.42 Å². The van der Waals surface area contributed by atoms with Crippen molar-refractivity contribution in [2.24, 2.45) is 0 Å². The van der Waals surface area contributed by atoms with Crippen LogP contribution in [0.2, 0.25) is 0 Å². The maximum atomic E-state index is 7.05. The molecule has 1 heterocycles. The van der Waals surface area contributed by atoms with Crippen LogP contribution >= 0.6 is 31.9 Å². The molecule has 0 N–H and O–H groups in total. The van der Waals surface area contributed by atoms with Gasteiger partial charge in [-0.15, -0.1) is 0 Å². The van der Waals surface area contributed by atoms with Gasteiger partial charge in [0, 0.05) is 53.2 Å². The van der Waals surface area contributed by atoms with Crippen molar-refractivity contribution >= 4 is 87.9 Å². The van der Waals surface area contributed by atoms with Crippen LogP contribution in [0, 0.1) is 0 Å². The summed E-state index contributed by atoms with van der Waals surface area (Å²) >= 11 is 7.63. The minimum atomic E-state index is -0.600. The highest BCUT2D eigenvalue weighted by molar-refractivity contribution is 9.10. The van der Waals surface area contributed by atoms with Crippen LogP contribution in [0.5, 0.6) is 0 Å². The lowest BCUT2D eigenvalue weighted by Crippen LogP contribution is -2.28. The van der Waals surface area contributed by atoms with E-state index in [-0.39, 0.29) is 10.8 Å². The topological polar surface area (TPSA) is 19.6 Å². The van der Waals surface area contributed by atoms with Crippen LogP contribution in [-0.4, -0.2) is 0 Å². The van der Waals surface area contributed by atoms with Gasteiger partial charge in [-0.3, -0.25) is 0 Å². The summed E-state index contributed by atoms with van der Waals surface area (Å²) in [7, 11) is 0. The van der Waals surface area contributed by atoms with Gasteiger partial charge in [-0.25, -0.2) is 0 Å². The van der Waals surface area contributed by atoms with Gasteiger partial charge in [0.1, 0.15) is 11.2 Å². The molecule has 1 atom stereocenters. The van der Waals surface area contributed by atoms with E-state index in [1.54, 1.807) is 0 Å². The quantitative estimate of drug-likeness (QED) is 0.159. The van der Waals surface area contributed by atoms with E-state index in [2.05, 4.69) is 310 Å². The number of fused-ring (bicyclic) bond motifs is 21. The Balaban J connectivity index is 0.857. The van der Waals surface area contributed by atoms with E-state index in [1.165, 1.54) is 132 Å². The molecule has 87 heavy (non-hydrogen) atoms. The summed E-state index contributed by atoms with van der Waals surface area (Å²) in [6.07, 6.45) is 6.09. The second-order valence-electron chi connectivity index (χ2n) is 25.1. The fraction of sp³-hybridized carbons (Fsp3) is 0.122. The Kier molecular flexibility index (Phi) is 11.2. The van der Waals surface area contributed by atoms with Crippen LogP contribution in [0.25, 0.3) is 77.6 Å². The summed E-state index contributed by atoms with van der Waals surface area (Å²) in [6.45, 7) is 4.75. The first-order chi connectivity index (χ1) is 42.7. The Morgan fingerprint density at radius 2 is 0.828 bits per heavy atom. The summed E-state index contributed by atoms with van der Waals surface area (Å²) in [5.41, 5.74) is 31.1. The molecule has 5 aliphatic rings. The molecule has 0 bridgehead atoms. The zero-order chi connectivity index (χ0) is 57.9. The van der Waals surface area contributed by atoms with Gasteiger partial charge < -0.3 is 14.2 Å². The second kappa shape index (κ2) is 19.0. The van der Waals surface area contributed by atoms with E-state index in [9.17, 15) is 0 Å². The van der Waals surface area contributed by atoms with E-state index in [0.29, 0.717) is 0 Å². The molecule has 2 spiro atoms. The third-order valence-corrected chi connectivity index (χ3v) is 21.6. The fourth-order valence-electron chi connectivity index (χ4n) is 17.0. The molecule has 12 aromatic carbocycles. The van der Waals surface area contributed by atoms with Crippen LogP contribution in [-0.2, 0) is 16.2 Å². The maximum absolute atomic E-state index is 7.05. The van der Waals surface area contributed by atoms with Crippen molar-refractivity contribution in [2.45, 2.75) is 62.2 Å². The van der Waals surface area contributed by atoms with Crippen LogP contribution in [0.1, 0.15) is 90.5 Å². The highest BCUT2D eigenvalue weighted by Crippen LogP contribution is 2.67. The Morgan fingerprint density at radius 3 is 1.49 bits per heavy atom. The number of benzene rings is 12. The zero-order valence-electron chi connectivity index (χ0n) is 48.3. The standard InChI is InChI=1S/C82H58Br2N2O/c1-80(2)62-24-9-5-20-57(62)76-67(80)28-16-31-70(76)85(54-40-36-52(83)37-41-54)72-33-18-30-69-78(72)59-22-7-12-27-65(59)82(69)64-26-11-4-19-56(64)61-47-50(35-44-66(61)82)51-48-73(79-60-23-8-13-34-74(60)87-75(79)49-51)86(55-42-38-53(84)39-43-55)71-32-17-29-68-77(71)58-21-6-10-25-63(58)81(68)45-14-3-15-46-81/h4-13,16-44,47-49H,3,14-15,45-46H2,1-2H3. The number of rotatable bonds is 7. The third-order valence-electron chi connectivity index (χ3n) is 20.6. The molecule has 0 amide bonds. The van der Waals surface area contributed by atoms with Gasteiger partial charge in [0.15, 0.2) is 0 Å². The molecule has 0 aliphatic heterocycles. The highest BCUT2D eigenvalue weighted by atomic mass is 79.9. The van der Waals surface area contributed by atoms with Gasteiger partial charge in [-0.1, -0.05) is 229 Å². The zero-order valence-corrected chi connectivity index (χ0v) is 51.5. The lowest BCUT2D eigenvalue weighted by molar-refractivity contribution is 0.353. The molecule has 0 saturated heterocycles. The number of hydrogen-bond acceptors (Lipinski definition) is 3. The molecule has 5 aliphatic carbocycles. The van der Waals surface area contributed by atoms with Gasteiger partial charge in [-0.05, 0) is 187 Å². The molecule has 18 rings (SSSR count). The normalized spacial score (nSPS) is 16.5. The minimum absolute atomic E-state index is 0.00372. The SMILES string of the molecule is CC1(C)c2ccccc2-c2c(N(c3ccc(Br)cc3)c3cccc4c3-c3ccccc3C43c4ccccc4-c4cc(-c5cc(N(c6ccc(Br)cc6)c6cccc7c6-c6ccccc6C76CCCCC6)c6c(c5)oc5ccccc56)ccc43)cccc21. The van der Waals surface area contributed by atoms with Crippen LogP contribution in [0.4, 0.5) is 34.1 Å². The van der Waals surface area contributed by atoms with E-state index < -0.39 is 5.41 Å². The number of para-hydroxylation sites is 1. The van der Waals surface area contributed by atoms with E-state index >= 15 is 0 Å².